The Morgan fingerprint density at radius 3 is 2.35 bits per heavy atom. The van der Waals surface area contributed by atoms with Crippen molar-refractivity contribution in [2.45, 2.75) is 4.90 Å². The van der Waals surface area contributed by atoms with E-state index in [4.69, 9.17) is 16.3 Å². The summed E-state index contributed by atoms with van der Waals surface area (Å²) in [6.07, 6.45) is 0. The first kappa shape index (κ1) is 14.6. The fourth-order valence-corrected chi connectivity index (χ4v) is 2.76. The summed E-state index contributed by atoms with van der Waals surface area (Å²) in [5.41, 5.74) is 0.187. The molecule has 0 atom stereocenters. The van der Waals surface area contributed by atoms with Crippen molar-refractivity contribution in [1.29, 1.82) is 0 Å². The van der Waals surface area contributed by atoms with Crippen LogP contribution >= 0.6 is 11.6 Å². The van der Waals surface area contributed by atoms with Crippen molar-refractivity contribution in [3.63, 3.8) is 0 Å². The van der Waals surface area contributed by atoms with E-state index in [-0.39, 0.29) is 15.6 Å². The van der Waals surface area contributed by atoms with Gasteiger partial charge in [0.15, 0.2) is 0 Å². The molecule has 106 valence electrons. The van der Waals surface area contributed by atoms with E-state index in [9.17, 15) is 12.8 Å². The third-order valence-electron chi connectivity index (χ3n) is 2.54. The summed E-state index contributed by atoms with van der Waals surface area (Å²) in [5.74, 6) is -0.0622. The Hall–Kier alpha value is -1.79. The molecule has 2 aromatic carbocycles. The first-order valence-electron chi connectivity index (χ1n) is 5.54. The highest BCUT2D eigenvalue weighted by Gasteiger charge is 2.14. The minimum Gasteiger partial charge on any atom is -0.497 e. The molecule has 0 radical (unpaired) electrons. The van der Waals surface area contributed by atoms with Crippen molar-refractivity contribution in [3.8, 4) is 5.75 Å². The molecule has 2 aromatic rings. The van der Waals surface area contributed by atoms with Crippen molar-refractivity contribution in [1.82, 2.24) is 0 Å². The molecule has 7 heteroatoms. The molecule has 0 aromatic heterocycles. The number of hydrogen-bond donors (Lipinski definition) is 1. The molecule has 0 fully saturated rings. The molecule has 0 saturated heterocycles. The minimum absolute atomic E-state index is 0.0683. The van der Waals surface area contributed by atoms with Crippen LogP contribution in [0.15, 0.2) is 47.4 Å². The van der Waals surface area contributed by atoms with E-state index in [0.29, 0.717) is 5.75 Å². The molecule has 0 heterocycles. The van der Waals surface area contributed by atoms with Gasteiger partial charge in [0, 0.05) is 0 Å². The lowest BCUT2D eigenvalue weighted by Gasteiger charge is -2.09. The van der Waals surface area contributed by atoms with Gasteiger partial charge in [-0.15, -0.1) is 0 Å². The van der Waals surface area contributed by atoms with Gasteiger partial charge in [-0.25, -0.2) is 12.8 Å². The van der Waals surface area contributed by atoms with Crippen LogP contribution in [-0.4, -0.2) is 15.5 Å². The predicted molar refractivity (Wildman–Crippen MR) is 75.2 cm³/mol. The second-order valence-corrected chi connectivity index (χ2v) is 6.00. The molecule has 0 aliphatic carbocycles. The zero-order valence-corrected chi connectivity index (χ0v) is 12.0. The Morgan fingerprint density at radius 1 is 1.15 bits per heavy atom. The van der Waals surface area contributed by atoms with E-state index in [1.807, 2.05) is 0 Å². The van der Waals surface area contributed by atoms with Gasteiger partial charge >= 0.3 is 0 Å². The highest BCUT2D eigenvalue weighted by atomic mass is 35.5. The summed E-state index contributed by atoms with van der Waals surface area (Å²) < 4.78 is 44.5. The molecule has 0 unspecified atom stereocenters. The lowest BCUT2D eigenvalue weighted by atomic mass is 10.3. The first-order chi connectivity index (χ1) is 9.42. The summed E-state index contributed by atoms with van der Waals surface area (Å²) in [5, 5.41) is -0.153. The van der Waals surface area contributed by atoms with E-state index in [0.717, 1.165) is 6.07 Å². The molecule has 4 nitrogen and oxygen atoms in total. The first-order valence-corrected chi connectivity index (χ1v) is 7.40. The van der Waals surface area contributed by atoms with Crippen LogP contribution in [0.4, 0.5) is 10.1 Å². The van der Waals surface area contributed by atoms with Crippen molar-refractivity contribution < 1.29 is 17.5 Å². The number of ether oxygens (including phenoxy) is 1. The average molecular weight is 316 g/mol. The van der Waals surface area contributed by atoms with Crippen molar-refractivity contribution in [2.24, 2.45) is 0 Å². The molecule has 0 spiro atoms. The summed E-state index contributed by atoms with van der Waals surface area (Å²) >= 11 is 5.60. The van der Waals surface area contributed by atoms with Crippen molar-refractivity contribution in [3.05, 3.63) is 53.3 Å². The fraction of sp³-hybridized carbons (Fsp3) is 0.0769. The Morgan fingerprint density at radius 2 is 1.80 bits per heavy atom. The summed E-state index contributed by atoms with van der Waals surface area (Å²) in [4.78, 5) is 0.0683. The second-order valence-electron chi connectivity index (χ2n) is 3.91. The Labute approximate surface area is 121 Å². The van der Waals surface area contributed by atoms with Gasteiger partial charge in [-0.1, -0.05) is 11.6 Å². The van der Waals surface area contributed by atoms with Gasteiger partial charge in [-0.2, -0.15) is 0 Å². The van der Waals surface area contributed by atoms with E-state index in [2.05, 4.69) is 4.72 Å². The topological polar surface area (TPSA) is 55.4 Å². The van der Waals surface area contributed by atoms with Crippen LogP contribution in [0.25, 0.3) is 0 Å². The van der Waals surface area contributed by atoms with Crippen LogP contribution in [0.1, 0.15) is 0 Å². The number of nitrogens with one attached hydrogen (secondary N) is 1. The molecule has 2 rings (SSSR count). The normalized spacial score (nSPS) is 11.2. The van der Waals surface area contributed by atoms with Crippen LogP contribution in [0.5, 0.6) is 5.75 Å². The highest BCUT2D eigenvalue weighted by Crippen LogP contribution is 2.23. The highest BCUT2D eigenvalue weighted by molar-refractivity contribution is 7.92. The van der Waals surface area contributed by atoms with E-state index in [1.54, 1.807) is 0 Å². The Balaban J connectivity index is 2.27. The van der Waals surface area contributed by atoms with Gasteiger partial charge in [0.1, 0.15) is 11.6 Å². The number of hydrogen-bond acceptors (Lipinski definition) is 3. The third-order valence-corrected chi connectivity index (χ3v) is 4.23. The molecule has 0 aliphatic heterocycles. The van der Waals surface area contributed by atoms with Gasteiger partial charge in [-0.3, -0.25) is 4.72 Å². The number of benzene rings is 2. The average Bonchev–Trinajstić information content (AvgIpc) is 2.43. The van der Waals surface area contributed by atoms with Crippen LogP contribution < -0.4 is 9.46 Å². The number of rotatable bonds is 4. The van der Waals surface area contributed by atoms with E-state index in [1.165, 1.54) is 43.5 Å². The molecular weight excluding hydrogens is 305 g/mol. The SMILES string of the molecule is COc1ccc(S(=O)(=O)Nc2ccc(F)c(Cl)c2)cc1. The quantitative estimate of drug-likeness (QED) is 0.942. The van der Waals surface area contributed by atoms with Gasteiger partial charge in [0.2, 0.25) is 0 Å². The maximum Gasteiger partial charge on any atom is 0.261 e. The monoisotopic (exact) mass is 315 g/mol. The second kappa shape index (κ2) is 5.68. The third kappa shape index (κ3) is 3.20. The summed E-state index contributed by atoms with van der Waals surface area (Å²) in [6.45, 7) is 0. The van der Waals surface area contributed by atoms with Crippen LogP contribution in [0.3, 0.4) is 0 Å². The molecule has 0 bridgehead atoms. The summed E-state index contributed by atoms with van der Waals surface area (Å²) in [6, 6.07) is 9.48. The molecule has 0 aliphatic rings. The van der Waals surface area contributed by atoms with Crippen LogP contribution in [-0.2, 0) is 10.0 Å². The van der Waals surface area contributed by atoms with Gasteiger partial charge in [-0.05, 0) is 42.5 Å². The lowest BCUT2D eigenvalue weighted by molar-refractivity contribution is 0.414. The maximum atomic E-state index is 13.0. The molecule has 0 amide bonds. The summed E-state index contributed by atoms with van der Waals surface area (Å²) in [7, 11) is -2.27. The molecular formula is C13H11ClFNO3S. The van der Waals surface area contributed by atoms with Gasteiger partial charge in [0.05, 0.1) is 22.7 Å². The number of halogens is 2. The standard InChI is InChI=1S/C13H11ClFNO3S/c1-19-10-3-5-11(6-4-10)20(17,18)16-9-2-7-13(15)12(14)8-9/h2-8,16H,1H3. The predicted octanol–water partition coefficient (Wildman–Crippen LogP) is 3.29. The molecule has 20 heavy (non-hydrogen) atoms. The molecule has 0 saturated carbocycles. The Kier molecular flexibility index (Phi) is 4.15. The van der Waals surface area contributed by atoms with Crippen LogP contribution in [0, 0.1) is 5.82 Å². The van der Waals surface area contributed by atoms with E-state index >= 15 is 0 Å². The zero-order chi connectivity index (χ0) is 14.8. The molecule has 1 N–H and O–H groups in total. The number of methoxy groups -OCH3 is 1. The van der Waals surface area contributed by atoms with Gasteiger partial charge in [0.25, 0.3) is 10.0 Å². The number of anilines is 1. The zero-order valence-electron chi connectivity index (χ0n) is 10.4. The lowest BCUT2D eigenvalue weighted by Crippen LogP contribution is -2.12. The Bertz CT molecular complexity index is 717. The smallest absolute Gasteiger partial charge is 0.261 e. The minimum atomic E-state index is -3.75. The number of sulfonamides is 1. The van der Waals surface area contributed by atoms with Crippen LogP contribution in [0.2, 0.25) is 5.02 Å². The van der Waals surface area contributed by atoms with Crippen molar-refractivity contribution in [2.75, 3.05) is 11.8 Å². The largest absolute Gasteiger partial charge is 0.497 e. The fourth-order valence-electron chi connectivity index (χ4n) is 1.53. The van der Waals surface area contributed by atoms with E-state index < -0.39 is 15.8 Å². The van der Waals surface area contributed by atoms with Gasteiger partial charge < -0.3 is 4.74 Å². The maximum absolute atomic E-state index is 13.0. The van der Waals surface area contributed by atoms with Crippen molar-refractivity contribution >= 4 is 27.3 Å².